The minimum Gasteiger partial charge on any atom is -0.352 e. The molecule has 0 radical (unpaired) electrons. The molecule has 0 aromatic heterocycles. The number of amides is 2. The summed E-state index contributed by atoms with van der Waals surface area (Å²) >= 11 is 5.83. The van der Waals surface area contributed by atoms with Crippen molar-refractivity contribution in [2.45, 2.75) is 69.7 Å². The van der Waals surface area contributed by atoms with Crippen molar-refractivity contribution >= 4 is 23.4 Å². The molecule has 2 amide bonds. The van der Waals surface area contributed by atoms with Crippen LogP contribution in [0.25, 0.3) is 0 Å². The van der Waals surface area contributed by atoms with Crippen LogP contribution >= 0.6 is 11.6 Å². The molecule has 24 heavy (non-hydrogen) atoms. The van der Waals surface area contributed by atoms with Crippen molar-refractivity contribution in [3.8, 4) is 0 Å². The first-order valence-electron chi connectivity index (χ1n) is 9.69. The number of rotatable bonds is 3. The molecule has 1 aliphatic heterocycles. The van der Waals surface area contributed by atoms with Crippen LogP contribution in [0.1, 0.15) is 58.3 Å². The summed E-state index contributed by atoms with van der Waals surface area (Å²) < 4.78 is 0. The van der Waals surface area contributed by atoms with Gasteiger partial charge in [-0.2, -0.15) is 0 Å². The summed E-state index contributed by atoms with van der Waals surface area (Å²) in [4.78, 5) is 27.1. The van der Waals surface area contributed by atoms with Crippen LogP contribution in [-0.4, -0.2) is 41.2 Å². The first-order chi connectivity index (χ1) is 11.4. The van der Waals surface area contributed by atoms with Crippen molar-refractivity contribution in [1.82, 2.24) is 10.2 Å². The van der Waals surface area contributed by atoms with Crippen LogP contribution in [0.15, 0.2) is 0 Å². The van der Waals surface area contributed by atoms with Crippen LogP contribution in [0.4, 0.5) is 0 Å². The van der Waals surface area contributed by atoms with Crippen molar-refractivity contribution in [2.75, 3.05) is 13.1 Å². The average molecular weight is 353 g/mol. The molecule has 5 rings (SSSR count). The molecule has 4 bridgehead atoms. The summed E-state index contributed by atoms with van der Waals surface area (Å²) in [6.45, 7) is 3.26. The molecule has 0 spiro atoms. The second kappa shape index (κ2) is 6.19. The van der Waals surface area contributed by atoms with Gasteiger partial charge in [0.2, 0.25) is 11.8 Å². The van der Waals surface area contributed by atoms with E-state index in [1.807, 2.05) is 0 Å². The fourth-order valence-electron chi connectivity index (χ4n) is 6.25. The number of hydrogen-bond acceptors (Lipinski definition) is 2. The van der Waals surface area contributed by atoms with Crippen LogP contribution in [-0.2, 0) is 9.59 Å². The van der Waals surface area contributed by atoms with Gasteiger partial charge < -0.3 is 10.2 Å². The largest absolute Gasteiger partial charge is 0.352 e. The van der Waals surface area contributed by atoms with Crippen molar-refractivity contribution in [3.05, 3.63) is 0 Å². The van der Waals surface area contributed by atoms with E-state index in [1.54, 1.807) is 6.92 Å². The maximum Gasteiger partial charge on any atom is 0.237 e. The zero-order chi connectivity index (χ0) is 16.9. The predicted octanol–water partition coefficient (Wildman–Crippen LogP) is 2.94. The third kappa shape index (κ3) is 2.95. The normalized spacial score (nSPS) is 39.8. The van der Waals surface area contributed by atoms with Crippen molar-refractivity contribution in [1.29, 1.82) is 0 Å². The average Bonchev–Trinajstić information content (AvgIpc) is 2.53. The van der Waals surface area contributed by atoms with Crippen molar-refractivity contribution < 1.29 is 9.59 Å². The Bertz CT molecular complexity index is 490. The number of nitrogens with one attached hydrogen (secondary N) is 1. The number of carbonyl (C=O) groups excluding carboxylic acids is 2. The fourth-order valence-corrected chi connectivity index (χ4v) is 6.31. The van der Waals surface area contributed by atoms with Crippen molar-refractivity contribution in [2.24, 2.45) is 23.2 Å². The molecular formula is C19H29ClN2O2. The molecule has 1 saturated heterocycles. The Morgan fingerprint density at radius 3 is 2.00 bits per heavy atom. The molecule has 0 aromatic rings. The number of likely N-dealkylation sites (tertiary alicyclic amines) is 1. The van der Waals surface area contributed by atoms with Gasteiger partial charge >= 0.3 is 0 Å². The third-order valence-electron chi connectivity index (χ3n) is 6.98. The highest BCUT2D eigenvalue weighted by molar-refractivity contribution is 6.30. The Labute approximate surface area is 149 Å². The molecule has 4 aliphatic carbocycles. The van der Waals surface area contributed by atoms with E-state index in [9.17, 15) is 9.59 Å². The van der Waals surface area contributed by atoms with E-state index in [4.69, 9.17) is 11.6 Å². The van der Waals surface area contributed by atoms with E-state index >= 15 is 0 Å². The summed E-state index contributed by atoms with van der Waals surface area (Å²) in [5, 5.41) is 2.52. The number of alkyl halides is 1. The van der Waals surface area contributed by atoms with Gasteiger partial charge in [-0.15, -0.1) is 11.6 Å². The smallest absolute Gasteiger partial charge is 0.237 e. The van der Waals surface area contributed by atoms with Crippen LogP contribution in [0, 0.1) is 23.2 Å². The molecule has 1 atom stereocenters. The van der Waals surface area contributed by atoms with E-state index in [1.165, 1.54) is 19.3 Å². The number of carbonyl (C=O) groups is 2. The molecule has 0 aromatic carbocycles. The lowest BCUT2D eigenvalue weighted by Gasteiger charge is -2.57. The Morgan fingerprint density at radius 2 is 1.54 bits per heavy atom. The molecule has 4 saturated carbocycles. The van der Waals surface area contributed by atoms with Gasteiger partial charge in [-0.3, -0.25) is 9.59 Å². The highest BCUT2D eigenvalue weighted by Gasteiger charge is 2.55. The first-order valence-corrected chi connectivity index (χ1v) is 10.1. The van der Waals surface area contributed by atoms with Gasteiger partial charge in [0.25, 0.3) is 0 Å². The lowest BCUT2D eigenvalue weighted by Crippen LogP contribution is -2.57. The fraction of sp³-hybridized carbons (Fsp3) is 0.895. The molecule has 1 N–H and O–H groups in total. The summed E-state index contributed by atoms with van der Waals surface area (Å²) in [6, 6.07) is 0.166. The van der Waals surface area contributed by atoms with Gasteiger partial charge in [0.1, 0.15) is 5.38 Å². The molecular weight excluding hydrogens is 324 g/mol. The van der Waals surface area contributed by atoms with E-state index in [0.29, 0.717) is 5.91 Å². The number of hydrogen-bond donors (Lipinski definition) is 1. The molecule has 5 aliphatic rings. The molecule has 134 valence electrons. The van der Waals surface area contributed by atoms with Crippen LogP contribution < -0.4 is 5.32 Å². The maximum atomic E-state index is 13.3. The molecule has 4 nitrogen and oxygen atoms in total. The van der Waals surface area contributed by atoms with Gasteiger partial charge in [0.05, 0.1) is 5.41 Å². The second-order valence-electron chi connectivity index (χ2n) is 8.89. The molecule has 1 unspecified atom stereocenters. The van der Waals surface area contributed by atoms with Crippen LogP contribution in [0.2, 0.25) is 0 Å². The Balaban J connectivity index is 1.36. The predicted molar refractivity (Wildman–Crippen MR) is 93.7 cm³/mol. The summed E-state index contributed by atoms with van der Waals surface area (Å²) in [6.07, 6.45) is 9.24. The van der Waals surface area contributed by atoms with E-state index in [0.717, 1.165) is 62.9 Å². The highest BCUT2D eigenvalue weighted by Crippen LogP contribution is 2.60. The first kappa shape index (κ1) is 16.7. The van der Waals surface area contributed by atoms with Crippen LogP contribution in [0.5, 0.6) is 0 Å². The lowest BCUT2D eigenvalue weighted by atomic mass is 9.49. The van der Waals surface area contributed by atoms with Gasteiger partial charge in [-0.05, 0) is 76.0 Å². The van der Waals surface area contributed by atoms with E-state index in [2.05, 4.69) is 10.2 Å². The van der Waals surface area contributed by atoms with Crippen LogP contribution in [0.3, 0.4) is 0 Å². The number of halogens is 1. The van der Waals surface area contributed by atoms with E-state index in [-0.39, 0.29) is 17.4 Å². The third-order valence-corrected chi connectivity index (χ3v) is 7.18. The summed E-state index contributed by atoms with van der Waals surface area (Å²) in [5.74, 6) is 2.76. The standard InChI is InChI=1S/C19H29ClN2O2/c1-12(20)17(23)21-16-2-4-22(5-3-16)18(24)19-9-13-6-14(10-19)8-15(7-13)11-19/h12-16H,2-11H2,1H3,(H,21,23). The summed E-state index contributed by atoms with van der Waals surface area (Å²) in [7, 11) is 0. The van der Waals surface area contributed by atoms with Gasteiger partial charge in [-0.1, -0.05) is 0 Å². The monoisotopic (exact) mass is 352 g/mol. The Kier molecular flexibility index (Phi) is 4.30. The van der Waals surface area contributed by atoms with Gasteiger partial charge in [0, 0.05) is 19.1 Å². The van der Waals surface area contributed by atoms with Gasteiger partial charge in [0.15, 0.2) is 0 Å². The van der Waals surface area contributed by atoms with Crippen molar-refractivity contribution in [3.63, 3.8) is 0 Å². The second-order valence-corrected chi connectivity index (χ2v) is 9.54. The molecule has 5 heteroatoms. The zero-order valence-electron chi connectivity index (χ0n) is 14.6. The minimum absolute atomic E-state index is 0.0323. The maximum absolute atomic E-state index is 13.3. The van der Waals surface area contributed by atoms with E-state index < -0.39 is 5.38 Å². The molecule has 5 fully saturated rings. The quantitative estimate of drug-likeness (QED) is 0.794. The Hall–Kier alpha value is -0.770. The highest BCUT2D eigenvalue weighted by atomic mass is 35.5. The Morgan fingerprint density at radius 1 is 1.04 bits per heavy atom. The van der Waals surface area contributed by atoms with Gasteiger partial charge in [-0.25, -0.2) is 0 Å². The number of nitrogens with zero attached hydrogens (tertiary/aromatic N) is 1. The minimum atomic E-state index is -0.489. The lowest BCUT2D eigenvalue weighted by molar-refractivity contribution is -0.158. The zero-order valence-corrected chi connectivity index (χ0v) is 15.4. The molecule has 1 heterocycles. The summed E-state index contributed by atoms with van der Waals surface area (Å²) in [5.41, 5.74) is -0.0323. The SMILES string of the molecule is CC(Cl)C(=O)NC1CCN(C(=O)C23CC4CC(CC(C4)C2)C3)CC1. The number of piperidine rings is 1. The topological polar surface area (TPSA) is 49.4 Å².